The summed E-state index contributed by atoms with van der Waals surface area (Å²) in [6.07, 6.45) is -0.488. The van der Waals surface area contributed by atoms with Crippen LogP contribution in [0.25, 0.3) is 0 Å². The van der Waals surface area contributed by atoms with E-state index >= 15 is 0 Å². The van der Waals surface area contributed by atoms with Crippen molar-refractivity contribution in [1.82, 2.24) is 5.01 Å². The van der Waals surface area contributed by atoms with E-state index in [-0.39, 0.29) is 5.57 Å². The summed E-state index contributed by atoms with van der Waals surface area (Å²) in [7, 11) is -8.29. The van der Waals surface area contributed by atoms with Crippen LogP contribution in [0.1, 0.15) is 6.42 Å². The van der Waals surface area contributed by atoms with Gasteiger partial charge in [-0.25, -0.2) is 5.84 Å². The first kappa shape index (κ1) is 20.7. The van der Waals surface area contributed by atoms with Gasteiger partial charge in [-0.05, 0) is 18.2 Å². The predicted molar refractivity (Wildman–Crippen MR) is 85.4 cm³/mol. The lowest BCUT2D eigenvalue weighted by atomic mass is 10.2. The molecule has 0 radical (unpaired) electrons. The van der Waals surface area contributed by atoms with E-state index in [4.69, 9.17) is 14.9 Å². The SMILES string of the molecule is C=C(CC(=O)N(C)N)C(=O)Nc1cc(S(=O)(=O)O)ccc1S(=O)(=O)O. The first-order valence-electron chi connectivity index (χ1n) is 6.33. The van der Waals surface area contributed by atoms with Gasteiger partial charge in [-0.15, -0.1) is 0 Å². The molecule has 0 aromatic heterocycles. The van der Waals surface area contributed by atoms with Crippen LogP contribution in [0.4, 0.5) is 5.69 Å². The molecule has 25 heavy (non-hydrogen) atoms. The van der Waals surface area contributed by atoms with Gasteiger partial charge in [0.15, 0.2) is 0 Å². The van der Waals surface area contributed by atoms with Gasteiger partial charge in [-0.3, -0.25) is 23.7 Å². The minimum absolute atomic E-state index is 0.305. The molecule has 1 rings (SSSR count). The minimum atomic E-state index is -4.82. The topological polar surface area (TPSA) is 184 Å². The van der Waals surface area contributed by atoms with Crippen molar-refractivity contribution in [3.63, 3.8) is 0 Å². The zero-order valence-corrected chi connectivity index (χ0v) is 14.5. The Kier molecular flexibility index (Phi) is 6.04. The van der Waals surface area contributed by atoms with Crippen LogP contribution in [-0.2, 0) is 29.8 Å². The van der Waals surface area contributed by atoms with Crippen molar-refractivity contribution in [1.29, 1.82) is 0 Å². The Labute approximate surface area is 143 Å². The quantitative estimate of drug-likeness (QED) is 0.161. The number of carbonyl (C=O) groups is 2. The van der Waals surface area contributed by atoms with Gasteiger partial charge >= 0.3 is 0 Å². The summed E-state index contributed by atoms with van der Waals surface area (Å²) < 4.78 is 63.1. The second kappa shape index (κ2) is 7.28. The molecule has 0 saturated heterocycles. The number of carbonyl (C=O) groups excluding carboxylic acids is 2. The summed E-state index contributed by atoms with van der Waals surface area (Å²) >= 11 is 0. The molecule has 138 valence electrons. The minimum Gasteiger partial charge on any atom is -0.321 e. The Morgan fingerprint density at radius 2 is 1.76 bits per heavy atom. The smallest absolute Gasteiger partial charge is 0.296 e. The summed E-state index contributed by atoms with van der Waals surface area (Å²) in [6.45, 7) is 3.34. The van der Waals surface area contributed by atoms with Crippen LogP contribution in [-0.4, -0.2) is 49.8 Å². The number of hydrogen-bond donors (Lipinski definition) is 4. The lowest BCUT2D eigenvalue weighted by Gasteiger charge is -2.13. The Bertz CT molecular complexity index is 935. The third kappa shape index (κ3) is 5.61. The zero-order chi connectivity index (χ0) is 19.6. The van der Waals surface area contributed by atoms with E-state index in [1.165, 1.54) is 7.05 Å². The first-order chi connectivity index (χ1) is 11.2. The summed E-state index contributed by atoms with van der Waals surface area (Å²) in [5, 5.41) is 2.72. The van der Waals surface area contributed by atoms with Crippen LogP contribution >= 0.6 is 0 Å². The Hall–Kier alpha value is -2.32. The fourth-order valence-corrected chi connectivity index (χ4v) is 2.73. The van der Waals surface area contributed by atoms with Crippen molar-refractivity contribution in [3.8, 4) is 0 Å². The molecule has 2 amide bonds. The average molecular weight is 393 g/mol. The number of amides is 2. The molecule has 0 aliphatic rings. The third-order valence-corrected chi connectivity index (χ3v) is 4.62. The lowest BCUT2D eigenvalue weighted by Crippen LogP contribution is -2.34. The normalized spacial score (nSPS) is 11.7. The Morgan fingerprint density at radius 1 is 1.20 bits per heavy atom. The van der Waals surface area contributed by atoms with Crippen LogP contribution in [0.15, 0.2) is 40.1 Å². The number of anilines is 1. The maximum absolute atomic E-state index is 12.0. The Balaban J connectivity index is 3.24. The van der Waals surface area contributed by atoms with E-state index in [1.807, 2.05) is 5.32 Å². The molecule has 0 aliphatic carbocycles. The molecule has 5 N–H and O–H groups in total. The molecular formula is C12H15N3O8S2. The highest BCUT2D eigenvalue weighted by atomic mass is 32.2. The van der Waals surface area contributed by atoms with E-state index in [1.54, 1.807) is 0 Å². The second-order valence-electron chi connectivity index (χ2n) is 4.85. The van der Waals surface area contributed by atoms with Gasteiger partial charge in [-0.2, -0.15) is 16.8 Å². The fourth-order valence-electron chi connectivity index (χ4n) is 1.59. The summed E-state index contributed by atoms with van der Waals surface area (Å²) in [4.78, 5) is 21.9. The summed E-state index contributed by atoms with van der Waals surface area (Å²) in [5.74, 6) is 3.50. The maximum atomic E-state index is 12.0. The number of hydrogen-bond acceptors (Lipinski definition) is 7. The average Bonchev–Trinajstić information content (AvgIpc) is 2.44. The van der Waals surface area contributed by atoms with Crippen molar-refractivity contribution < 1.29 is 35.5 Å². The molecule has 1 aromatic rings. The molecule has 11 nitrogen and oxygen atoms in total. The van der Waals surface area contributed by atoms with E-state index in [0.29, 0.717) is 17.1 Å². The van der Waals surface area contributed by atoms with Crippen LogP contribution in [0.5, 0.6) is 0 Å². The maximum Gasteiger partial charge on any atom is 0.296 e. The molecule has 0 aliphatic heterocycles. The third-order valence-electron chi connectivity index (χ3n) is 2.85. The molecule has 0 saturated carbocycles. The Morgan fingerprint density at radius 3 is 2.20 bits per heavy atom. The second-order valence-corrected chi connectivity index (χ2v) is 7.66. The van der Waals surface area contributed by atoms with E-state index in [2.05, 4.69) is 6.58 Å². The van der Waals surface area contributed by atoms with Gasteiger partial charge in [-0.1, -0.05) is 6.58 Å². The lowest BCUT2D eigenvalue weighted by molar-refractivity contribution is -0.130. The van der Waals surface area contributed by atoms with Gasteiger partial charge in [0.05, 0.1) is 17.0 Å². The molecule has 0 atom stereocenters. The van der Waals surface area contributed by atoms with Crippen LogP contribution in [0, 0.1) is 0 Å². The van der Waals surface area contributed by atoms with Crippen molar-refractivity contribution in [2.24, 2.45) is 5.84 Å². The largest absolute Gasteiger partial charge is 0.321 e. The van der Waals surface area contributed by atoms with E-state index in [9.17, 15) is 26.4 Å². The number of rotatable bonds is 6. The van der Waals surface area contributed by atoms with E-state index in [0.717, 1.165) is 6.07 Å². The highest BCUT2D eigenvalue weighted by Crippen LogP contribution is 2.25. The standard InChI is InChI=1S/C12H15N3O8S2/c1-7(5-11(16)15(2)13)12(17)14-9-6-8(24(18,19)20)3-4-10(9)25(21,22)23/h3-4,6H,1,5,13H2,2H3,(H,14,17)(H,18,19,20)(H,21,22,23). The number of nitrogens with two attached hydrogens (primary N) is 1. The first-order valence-corrected chi connectivity index (χ1v) is 9.21. The van der Waals surface area contributed by atoms with Crippen molar-refractivity contribution in [3.05, 3.63) is 30.4 Å². The van der Waals surface area contributed by atoms with Crippen molar-refractivity contribution in [2.45, 2.75) is 16.2 Å². The molecule has 0 bridgehead atoms. The van der Waals surface area contributed by atoms with Gasteiger partial charge in [0, 0.05) is 12.6 Å². The molecule has 0 fully saturated rings. The molecule has 0 unspecified atom stereocenters. The highest BCUT2D eigenvalue weighted by molar-refractivity contribution is 7.86. The molecule has 1 aromatic carbocycles. The fraction of sp³-hybridized carbons (Fsp3) is 0.167. The molecular weight excluding hydrogens is 378 g/mol. The van der Waals surface area contributed by atoms with E-state index < -0.39 is 53.9 Å². The van der Waals surface area contributed by atoms with Gasteiger partial charge < -0.3 is 5.32 Å². The number of benzene rings is 1. The van der Waals surface area contributed by atoms with Gasteiger partial charge in [0.1, 0.15) is 4.90 Å². The summed E-state index contributed by atoms with van der Waals surface area (Å²) in [6, 6.07) is 2.02. The van der Waals surface area contributed by atoms with Gasteiger partial charge in [0.25, 0.3) is 26.1 Å². The van der Waals surface area contributed by atoms with Crippen molar-refractivity contribution in [2.75, 3.05) is 12.4 Å². The van der Waals surface area contributed by atoms with Crippen molar-refractivity contribution >= 4 is 37.7 Å². The molecule has 13 heteroatoms. The van der Waals surface area contributed by atoms with Crippen LogP contribution in [0.2, 0.25) is 0 Å². The van der Waals surface area contributed by atoms with Crippen LogP contribution in [0.3, 0.4) is 0 Å². The number of nitrogens with one attached hydrogen (secondary N) is 1. The van der Waals surface area contributed by atoms with Gasteiger partial charge in [0.2, 0.25) is 5.91 Å². The molecule has 0 heterocycles. The highest BCUT2D eigenvalue weighted by Gasteiger charge is 2.22. The number of hydrazine groups is 1. The van der Waals surface area contributed by atoms with Crippen LogP contribution < -0.4 is 11.2 Å². The monoisotopic (exact) mass is 393 g/mol. The summed E-state index contributed by atoms with van der Waals surface area (Å²) in [5.41, 5.74) is -0.932. The molecule has 0 spiro atoms. The number of nitrogens with zero attached hydrogens (tertiary/aromatic N) is 1. The predicted octanol–water partition coefficient (Wildman–Crippen LogP) is -0.603. The zero-order valence-electron chi connectivity index (χ0n) is 12.8.